The van der Waals surface area contributed by atoms with Gasteiger partial charge in [0.05, 0.1) is 17.9 Å². The van der Waals surface area contributed by atoms with E-state index in [1.54, 1.807) is 19.1 Å². The summed E-state index contributed by atoms with van der Waals surface area (Å²) in [5.41, 5.74) is 0.352. The molecule has 1 aliphatic heterocycles. The van der Waals surface area contributed by atoms with Gasteiger partial charge in [0.25, 0.3) is 0 Å². The molecular formula is C21H25N3O6. The van der Waals surface area contributed by atoms with E-state index in [0.717, 1.165) is 24.2 Å². The first-order valence-corrected chi connectivity index (χ1v) is 10.1. The molecule has 1 N–H and O–H groups in total. The second-order valence-electron chi connectivity index (χ2n) is 7.49. The lowest BCUT2D eigenvalue weighted by Gasteiger charge is -2.34. The van der Waals surface area contributed by atoms with Gasteiger partial charge in [-0.15, -0.1) is 0 Å². The van der Waals surface area contributed by atoms with E-state index in [0.29, 0.717) is 11.3 Å². The first-order valence-electron chi connectivity index (χ1n) is 10.1. The van der Waals surface area contributed by atoms with Crippen molar-refractivity contribution in [3.63, 3.8) is 0 Å². The predicted molar refractivity (Wildman–Crippen MR) is 106 cm³/mol. The number of anilines is 1. The maximum atomic E-state index is 12.8. The Labute approximate surface area is 174 Å². The van der Waals surface area contributed by atoms with Crippen molar-refractivity contribution >= 4 is 35.4 Å². The van der Waals surface area contributed by atoms with Crippen molar-refractivity contribution in [1.82, 2.24) is 9.80 Å². The molecule has 0 bridgehead atoms. The van der Waals surface area contributed by atoms with E-state index in [9.17, 15) is 24.0 Å². The number of para-hydroxylation sites is 1. The van der Waals surface area contributed by atoms with Crippen molar-refractivity contribution in [2.75, 3.05) is 18.5 Å². The smallest absolute Gasteiger partial charge is 0.340 e. The summed E-state index contributed by atoms with van der Waals surface area (Å²) >= 11 is 0. The van der Waals surface area contributed by atoms with Crippen LogP contribution in [0.25, 0.3) is 0 Å². The van der Waals surface area contributed by atoms with Crippen molar-refractivity contribution in [1.29, 1.82) is 0 Å². The molecule has 9 nitrogen and oxygen atoms in total. The van der Waals surface area contributed by atoms with E-state index >= 15 is 0 Å². The first kappa shape index (κ1) is 21.5. The third kappa shape index (κ3) is 4.19. The molecule has 160 valence electrons. The summed E-state index contributed by atoms with van der Waals surface area (Å²) in [4.78, 5) is 63.8. The Kier molecular flexibility index (Phi) is 6.49. The fourth-order valence-corrected chi connectivity index (χ4v) is 3.95. The molecule has 1 aromatic rings. The highest BCUT2D eigenvalue weighted by atomic mass is 16.5. The van der Waals surface area contributed by atoms with E-state index in [-0.39, 0.29) is 29.8 Å². The van der Waals surface area contributed by atoms with Gasteiger partial charge in [0.2, 0.25) is 5.91 Å². The fourth-order valence-electron chi connectivity index (χ4n) is 3.95. The van der Waals surface area contributed by atoms with E-state index in [4.69, 9.17) is 4.74 Å². The number of amides is 5. The maximum absolute atomic E-state index is 12.8. The van der Waals surface area contributed by atoms with Crippen LogP contribution in [0.3, 0.4) is 0 Å². The second-order valence-corrected chi connectivity index (χ2v) is 7.49. The van der Waals surface area contributed by atoms with E-state index < -0.39 is 36.3 Å². The Hall–Kier alpha value is -3.23. The molecular weight excluding hydrogens is 390 g/mol. The maximum Gasteiger partial charge on any atom is 0.340 e. The topological polar surface area (TPSA) is 113 Å². The quantitative estimate of drug-likeness (QED) is 0.433. The lowest BCUT2D eigenvalue weighted by atomic mass is 9.85. The highest BCUT2D eigenvalue weighted by molar-refractivity contribution is 6.45. The molecule has 1 saturated heterocycles. The summed E-state index contributed by atoms with van der Waals surface area (Å²) in [6.45, 7) is 3.18. The molecule has 0 spiro atoms. The number of imide groups is 2. The predicted octanol–water partition coefficient (Wildman–Crippen LogP) is 2.17. The van der Waals surface area contributed by atoms with Gasteiger partial charge < -0.3 is 10.1 Å². The van der Waals surface area contributed by atoms with Gasteiger partial charge in [-0.05, 0) is 37.8 Å². The molecule has 1 aliphatic carbocycles. The van der Waals surface area contributed by atoms with Crippen LogP contribution in [0.4, 0.5) is 10.5 Å². The van der Waals surface area contributed by atoms with Crippen molar-refractivity contribution < 1.29 is 28.7 Å². The molecule has 9 heteroatoms. The first-order chi connectivity index (χ1) is 14.3. The number of ether oxygens (including phenoxy) is 1. The van der Waals surface area contributed by atoms with Crippen LogP contribution in [0.5, 0.6) is 0 Å². The van der Waals surface area contributed by atoms with Crippen LogP contribution in [0.2, 0.25) is 0 Å². The van der Waals surface area contributed by atoms with Gasteiger partial charge >= 0.3 is 23.8 Å². The van der Waals surface area contributed by atoms with Crippen LogP contribution < -0.4 is 5.32 Å². The molecule has 1 aromatic carbocycles. The van der Waals surface area contributed by atoms with Gasteiger partial charge in [-0.3, -0.25) is 19.3 Å². The van der Waals surface area contributed by atoms with Crippen LogP contribution in [-0.4, -0.2) is 58.7 Å². The van der Waals surface area contributed by atoms with Crippen LogP contribution in [0, 0.1) is 5.92 Å². The zero-order valence-corrected chi connectivity index (χ0v) is 17.1. The third-order valence-electron chi connectivity index (χ3n) is 5.48. The summed E-state index contributed by atoms with van der Waals surface area (Å²) in [7, 11) is 0. The highest BCUT2D eigenvalue weighted by Crippen LogP contribution is 2.31. The van der Waals surface area contributed by atoms with Gasteiger partial charge in [-0.1, -0.05) is 31.9 Å². The molecule has 5 amide bonds. The number of urea groups is 1. The van der Waals surface area contributed by atoms with Gasteiger partial charge in [0.1, 0.15) is 6.54 Å². The molecule has 3 rings (SSSR count). The van der Waals surface area contributed by atoms with Gasteiger partial charge in [0.15, 0.2) is 0 Å². The minimum atomic E-state index is -1.01. The molecule has 30 heavy (non-hydrogen) atoms. The van der Waals surface area contributed by atoms with E-state index in [1.165, 1.54) is 12.1 Å². The van der Waals surface area contributed by atoms with Gasteiger partial charge in [0, 0.05) is 6.04 Å². The number of esters is 1. The Morgan fingerprint density at radius 1 is 1.10 bits per heavy atom. The highest BCUT2D eigenvalue weighted by Gasteiger charge is 2.49. The van der Waals surface area contributed by atoms with Crippen molar-refractivity contribution in [2.45, 2.75) is 45.6 Å². The lowest BCUT2D eigenvalue weighted by molar-refractivity contribution is -0.145. The Morgan fingerprint density at radius 2 is 1.80 bits per heavy atom. The summed E-state index contributed by atoms with van der Waals surface area (Å²) < 4.78 is 4.96. The normalized spacial score (nSPS) is 21.7. The number of hydrogen-bond donors (Lipinski definition) is 1. The molecule has 2 fully saturated rings. The van der Waals surface area contributed by atoms with E-state index in [2.05, 4.69) is 5.32 Å². The van der Waals surface area contributed by atoms with E-state index in [1.807, 2.05) is 6.92 Å². The molecule has 2 aliphatic rings. The SMILES string of the molecule is CCOC(=O)c1ccccc1NC(=O)CN1C(=O)C(=O)N([C@@H]2CCCC[C@@H]2C)C1=O. The van der Waals surface area contributed by atoms with Crippen molar-refractivity contribution in [3.8, 4) is 0 Å². The average Bonchev–Trinajstić information content (AvgIpc) is 2.92. The largest absolute Gasteiger partial charge is 0.462 e. The van der Waals surface area contributed by atoms with Gasteiger partial charge in [-0.25, -0.2) is 14.5 Å². The van der Waals surface area contributed by atoms with Crippen molar-refractivity contribution in [3.05, 3.63) is 29.8 Å². The summed E-state index contributed by atoms with van der Waals surface area (Å²) in [5.74, 6) is -3.09. The molecule has 0 radical (unpaired) electrons. The van der Waals surface area contributed by atoms with Crippen molar-refractivity contribution in [2.24, 2.45) is 5.92 Å². The monoisotopic (exact) mass is 415 g/mol. The lowest BCUT2D eigenvalue weighted by Crippen LogP contribution is -2.46. The second kappa shape index (κ2) is 9.06. The number of benzene rings is 1. The molecule has 0 unspecified atom stereocenters. The Balaban J connectivity index is 1.71. The Morgan fingerprint density at radius 3 is 2.50 bits per heavy atom. The number of carbonyl (C=O) groups excluding carboxylic acids is 5. The molecule has 0 aromatic heterocycles. The zero-order chi connectivity index (χ0) is 21.8. The standard InChI is InChI=1S/C21H25N3O6/c1-3-30-20(28)14-9-5-6-10-15(14)22-17(25)12-23-18(26)19(27)24(21(23)29)16-11-7-4-8-13(16)2/h5-6,9-10,13,16H,3-4,7-8,11-12H2,1-2H3,(H,22,25)/t13-,16+/m0/s1. The summed E-state index contributed by atoms with van der Waals surface area (Å²) in [5, 5.41) is 2.52. The summed E-state index contributed by atoms with van der Waals surface area (Å²) in [6, 6.07) is 5.16. The van der Waals surface area contributed by atoms with Crippen LogP contribution in [-0.2, 0) is 19.1 Å². The van der Waals surface area contributed by atoms with Crippen LogP contribution in [0.1, 0.15) is 49.9 Å². The number of nitrogens with one attached hydrogen (secondary N) is 1. The van der Waals surface area contributed by atoms with Gasteiger partial charge in [-0.2, -0.15) is 0 Å². The Bertz CT molecular complexity index is 883. The third-order valence-corrected chi connectivity index (χ3v) is 5.48. The minimum absolute atomic E-state index is 0.102. The number of carbonyl (C=O) groups is 5. The van der Waals surface area contributed by atoms with Crippen LogP contribution >= 0.6 is 0 Å². The number of rotatable bonds is 6. The number of nitrogens with zero attached hydrogens (tertiary/aromatic N) is 2. The number of hydrogen-bond acceptors (Lipinski definition) is 6. The fraction of sp³-hybridized carbons (Fsp3) is 0.476. The molecule has 1 saturated carbocycles. The average molecular weight is 415 g/mol. The zero-order valence-electron chi connectivity index (χ0n) is 17.1. The minimum Gasteiger partial charge on any atom is -0.462 e. The molecule has 1 heterocycles. The molecule has 2 atom stereocenters. The summed E-state index contributed by atoms with van der Waals surface area (Å²) in [6.07, 6.45) is 3.43. The van der Waals surface area contributed by atoms with Crippen LogP contribution in [0.15, 0.2) is 24.3 Å².